The molecule has 0 spiro atoms. The molecule has 8 nitrogen and oxygen atoms in total. The zero-order chi connectivity index (χ0) is 24.4. The maximum absolute atomic E-state index is 13.5. The van der Waals surface area contributed by atoms with Crippen LogP contribution in [0, 0.1) is 5.92 Å². The number of hydrogen-bond acceptors (Lipinski definition) is 5. The minimum absolute atomic E-state index is 0.0399. The summed E-state index contributed by atoms with van der Waals surface area (Å²) in [6.07, 6.45) is 6.91. The average Bonchev–Trinajstić information content (AvgIpc) is 3.46. The van der Waals surface area contributed by atoms with Crippen LogP contribution in [-0.2, 0) is 13.5 Å². The number of carbonyl (C=O) groups excluding carboxylic acids is 2. The molecule has 0 unspecified atom stereocenters. The smallest absolute Gasteiger partial charge is 0.277 e. The number of hydrogen-bond donors (Lipinski definition) is 3. The molecule has 178 valence electrons. The molecule has 1 aliphatic carbocycles. The zero-order valence-electron chi connectivity index (χ0n) is 19.8. The fourth-order valence-electron chi connectivity index (χ4n) is 4.67. The highest BCUT2D eigenvalue weighted by Crippen LogP contribution is 2.41. The minimum atomic E-state index is -0.332. The number of ketones is 1. The van der Waals surface area contributed by atoms with Gasteiger partial charge in [-0.3, -0.25) is 14.3 Å². The summed E-state index contributed by atoms with van der Waals surface area (Å²) in [4.78, 5) is 33.9. The van der Waals surface area contributed by atoms with Crippen LogP contribution in [0.5, 0.6) is 0 Å². The van der Waals surface area contributed by atoms with E-state index in [0.29, 0.717) is 11.5 Å². The number of nitrogens with one attached hydrogen (secondary N) is 3. The summed E-state index contributed by atoms with van der Waals surface area (Å²) in [6.45, 7) is 2.12. The van der Waals surface area contributed by atoms with Crippen molar-refractivity contribution in [3.05, 3.63) is 77.9 Å². The molecule has 1 aromatic carbocycles. The molecule has 0 aliphatic heterocycles. The second-order valence-corrected chi connectivity index (χ2v) is 8.87. The van der Waals surface area contributed by atoms with Crippen molar-refractivity contribution in [2.75, 3.05) is 10.6 Å². The number of aryl methyl sites for hydroxylation is 2. The van der Waals surface area contributed by atoms with Gasteiger partial charge < -0.3 is 15.6 Å². The number of benzene rings is 1. The number of anilines is 3. The van der Waals surface area contributed by atoms with Crippen LogP contribution in [0.2, 0.25) is 0 Å². The normalized spacial score (nSPS) is 15.0. The predicted molar refractivity (Wildman–Crippen MR) is 136 cm³/mol. The lowest BCUT2D eigenvalue weighted by Crippen LogP contribution is -2.22. The molecule has 3 aromatic heterocycles. The third kappa shape index (κ3) is 4.59. The number of aromatic nitrogens is 4. The van der Waals surface area contributed by atoms with Crippen molar-refractivity contribution in [1.82, 2.24) is 19.7 Å². The van der Waals surface area contributed by atoms with E-state index < -0.39 is 0 Å². The van der Waals surface area contributed by atoms with Gasteiger partial charge in [0.05, 0.1) is 16.9 Å². The molecular formula is C27H28N6O2. The number of amides is 1. The van der Waals surface area contributed by atoms with Gasteiger partial charge in [-0.2, -0.15) is 5.10 Å². The Morgan fingerprint density at radius 2 is 2.03 bits per heavy atom. The first-order valence-corrected chi connectivity index (χ1v) is 11.9. The van der Waals surface area contributed by atoms with Gasteiger partial charge in [0.2, 0.25) is 0 Å². The number of nitrogens with zero attached hydrogens (tertiary/aromatic N) is 3. The fraction of sp³-hybridized carbons (Fsp3) is 0.259. The number of pyridine rings is 1. The molecule has 0 saturated heterocycles. The second kappa shape index (κ2) is 9.58. The summed E-state index contributed by atoms with van der Waals surface area (Å²) >= 11 is 0. The molecule has 35 heavy (non-hydrogen) atoms. The Hall–Kier alpha value is -4.20. The van der Waals surface area contributed by atoms with E-state index >= 15 is 0 Å². The number of H-pyrrole nitrogens is 1. The molecule has 0 saturated carbocycles. The molecule has 0 bridgehead atoms. The maximum Gasteiger partial charge on any atom is 0.277 e. The summed E-state index contributed by atoms with van der Waals surface area (Å²) in [5, 5.41) is 10.5. The zero-order valence-corrected chi connectivity index (χ0v) is 19.8. The van der Waals surface area contributed by atoms with Gasteiger partial charge in [-0.25, -0.2) is 4.98 Å². The van der Waals surface area contributed by atoms with E-state index in [9.17, 15) is 9.59 Å². The van der Waals surface area contributed by atoms with Crippen molar-refractivity contribution in [2.24, 2.45) is 13.0 Å². The van der Waals surface area contributed by atoms with E-state index in [-0.39, 0.29) is 17.6 Å². The van der Waals surface area contributed by atoms with Crippen LogP contribution in [0.3, 0.4) is 0 Å². The van der Waals surface area contributed by atoms with E-state index in [4.69, 9.17) is 0 Å². The number of para-hydroxylation sites is 1. The minimum Gasteiger partial charge on any atom is -0.356 e. The van der Waals surface area contributed by atoms with Gasteiger partial charge in [-0.1, -0.05) is 31.5 Å². The molecular weight excluding hydrogens is 440 g/mol. The van der Waals surface area contributed by atoms with Crippen molar-refractivity contribution in [1.29, 1.82) is 0 Å². The second-order valence-electron chi connectivity index (χ2n) is 8.87. The van der Waals surface area contributed by atoms with Crippen LogP contribution < -0.4 is 10.6 Å². The molecule has 4 aromatic rings. The average molecular weight is 469 g/mol. The number of rotatable bonds is 7. The lowest BCUT2D eigenvalue weighted by molar-refractivity contribution is 0.0894. The highest BCUT2D eigenvalue weighted by atomic mass is 16.2. The van der Waals surface area contributed by atoms with Crippen molar-refractivity contribution < 1.29 is 9.59 Å². The van der Waals surface area contributed by atoms with E-state index in [0.717, 1.165) is 59.6 Å². The summed E-state index contributed by atoms with van der Waals surface area (Å²) in [5.41, 5.74) is 5.30. The molecule has 1 amide bonds. The van der Waals surface area contributed by atoms with Crippen molar-refractivity contribution in [2.45, 2.75) is 32.6 Å². The van der Waals surface area contributed by atoms with Crippen LogP contribution in [0.25, 0.3) is 11.3 Å². The van der Waals surface area contributed by atoms with Gasteiger partial charge in [-0.15, -0.1) is 0 Å². The third-order valence-corrected chi connectivity index (χ3v) is 6.35. The monoisotopic (exact) mass is 468 g/mol. The van der Waals surface area contributed by atoms with Crippen molar-refractivity contribution in [3.8, 4) is 11.3 Å². The Balaban J connectivity index is 1.53. The Morgan fingerprint density at radius 3 is 2.77 bits per heavy atom. The number of aromatic amines is 1. The molecule has 8 heteroatoms. The Bertz CT molecular complexity index is 1370. The number of carbonyl (C=O) groups is 2. The molecule has 3 N–H and O–H groups in total. The first-order valence-electron chi connectivity index (χ1n) is 11.9. The number of Topliss-reactive ketones (excluding diaryl/α,β-unsaturated/α-hetero) is 1. The third-order valence-electron chi connectivity index (χ3n) is 6.35. The van der Waals surface area contributed by atoms with Gasteiger partial charge in [0.1, 0.15) is 5.82 Å². The van der Waals surface area contributed by atoms with E-state index in [1.807, 2.05) is 42.5 Å². The first kappa shape index (κ1) is 22.6. The topological polar surface area (TPSA) is 105 Å². The summed E-state index contributed by atoms with van der Waals surface area (Å²) < 4.78 is 1.58. The molecule has 0 radical (unpaired) electrons. The molecule has 1 aliphatic rings. The van der Waals surface area contributed by atoms with Crippen LogP contribution in [-0.4, -0.2) is 31.4 Å². The standard InChI is InChI=1S/C27H28N6O2/c1-3-7-17-10-11-20-23(26(17)34)25(29-19-8-5-4-6-9-19)24(30-20)18-12-14-28-22(16-18)31-27(35)21-13-15-33(2)32-21/h4-6,8-9,12-17,29-30H,3,7,10-11H2,1-2H3,(H,28,31,35)/t17-/m0/s1. The fourth-order valence-corrected chi connectivity index (χ4v) is 4.67. The number of fused-ring (bicyclic) bond motifs is 1. The Morgan fingerprint density at radius 1 is 1.20 bits per heavy atom. The highest BCUT2D eigenvalue weighted by Gasteiger charge is 2.33. The molecule has 0 fully saturated rings. The van der Waals surface area contributed by atoms with Crippen LogP contribution in [0.1, 0.15) is 52.7 Å². The first-order chi connectivity index (χ1) is 17.0. The maximum atomic E-state index is 13.5. The Labute approximate surface area is 203 Å². The van der Waals surface area contributed by atoms with Crippen molar-refractivity contribution >= 4 is 28.9 Å². The predicted octanol–water partition coefficient (Wildman–Crippen LogP) is 5.35. The lowest BCUT2D eigenvalue weighted by Gasteiger charge is -2.21. The van der Waals surface area contributed by atoms with Gasteiger partial charge in [0.25, 0.3) is 5.91 Å². The SMILES string of the molecule is CCC[C@H]1CCc2[nH]c(-c3ccnc(NC(=O)c4ccn(C)n4)c3)c(Nc3ccccc3)c2C1=O. The largest absolute Gasteiger partial charge is 0.356 e. The van der Waals surface area contributed by atoms with E-state index in [1.54, 1.807) is 30.2 Å². The summed E-state index contributed by atoms with van der Waals surface area (Å²) in [7, 11) is 1.76. The van der Waals surface area contributed by atoms with Crippen LogP contribution in [0.4, 0.5) is 17.2 Å². The van der Waals surface area contributed by atoms with E-state index in [2.05, 4.69) is 32.6 Å². The van der Waals surface area contributed by atoms with Gasteiger partial charge in [-0.05, 0) is 49.6 Å². The van der Waals surface area contributed by atoms with Gasteiger partial charge in [0, 0.05) is 42.3 Å². The molecule has 5 rings (SSSR count). The lowest BCUT2D eigenvalue weighted by atomic mass is 9.83. The van der Waals surface area contributed by atoms with Gasteiger partial charge >= 0.3 is 0 Å². The quantitative estimate of drug-likeness (QED) is 0.339. The van der Waals surface area contributed by atoms with Crippen molar-refractivity contribution in [3.63, 3.8) is 0 Å². The summed E-state index contributed by atoms with van der Waals surface area (Å²) in [5.74, 6) is 0.303. The van der Waals surface area contributed by atoms with Gasteiger partial charge in [0.15, 0.2) is 11.5 Å². The summed E-state index contributed by atoms with van der Waals surface area (Å²) in [6, 6.07) is 15.2. The van der Waals surface area contributed by atoms with Crippen LogP contribution >= 0.6 is 0 Å². The Kier molecular flexibility index (Phi) is 6.18. The van der Waals surface area contributed by atoms with E-state index in [1.165, 1.54) is 0 Å². The van der Waals surface area contributed by atoms with Crippen LogP contribution in [0.15, 0.2) is 60.9 Å². The molecule has 1 atom stereocenters. The molecule has 3 heterocycles. The highest BCUT2D eigenvalue weighted by molar-refractivity contribution is 6.08.